The fourth-order valence-corrected chi connectivity index (χ4v) is 6.10. The summed E-state index contributed by atoms with van der Waals surface area (Å²) >= 11 is 0. The van der Waals surface area contributed by atoms with Crippen molar-refractivity contribution < 1.29 is 9.59 Å². The smallest absolute Gasteiger partial charge is 0.268 e. The highest BCUT2D eigenvalue weighted by Crippen LogP contribution is 2.43. The van der Waals surface area contributed by atoms with Crippen molar-refractivity contribution in [3.8, 4) is 28.2 Å². The Balaban J connectivity index is 1.48. The number of carbonyl (C=O) groups excluding carboxylic acids is 2. The molecule has 2 amide bonds. The summed E-state index contributed by atoms with van der Waals surface area (Å²) in [4.78, 5) is 38.3. The van der Waals surface area contributed by atoms with Gasteiger partial charge in [0.2, 0.25) is 0 Å². The van der Waals surface area contributed by atoms with Gasteiger partial charge in [0.15, 0.2) is 0 Å². The number of anilines is 1. The van der Waals surface area contributed by atoms with Crippen molar-refractivity contribution >= 4 is 39.3 Å². The second-order valence-electron chi connectivity index (χ2n) is 10.1. The molecule has 4 heterocycles. The van der Waals surface area contributed by atoms with Gasteiger partial charge in [0.25, 0.3) is 11.8 Å². The Morgan fingerprint density at radius 1 is 0.476 bits per heavy atom. The predicted molar refractivity (Wildman–Crippen MR) is 165 cm³/mol. The molecule has 0 fully saturated rings. The molecular weight excluding hydrogens is 520 g/mol. The second-order valence-corrected chi connectivity index (χ2v) is 10.1. The Morgan fingerprint density at radius 3 is 1.60 bits per heavy atom. The van der Waals surface area contributed by atoms with Gasteiger partial charge in [-0.05, 0) is 60.7 Å². The number of rotatable bonds is 4. The van der Waals surface area contributed by atoms with Gasteiger partial charge < -0.3 is 4.57 Å². The van der Waals surface area contributed by atoms with Crippen molar-refractivity contribution in [1.29, 1.82) is 0 Å². The van der Waals surface area contributed by atoms with Gasteiger partial charge in [0, 0.05) is 34.3 Å². The Kier molecular flexibility index (Phi) is 5.34. The van der Waals surface area contributed by atoms with Crippen LogP contribution in [0, 0.1) is 0 Å². The van der Waals surface area contributed by atoms with Crippen LogP contribution in [0.2, 0.25) is 0 Å². The number of benzene rings is 4. The molecule has 7 aromatic rings. The summed E-state index contributed by atoms with van der Waals surface area (Å²) in [5.74, 6) is -0.666. The van der Waals surface area contributed by atoms with Gasteiger partial charge >= 0.3 is 0 Å². The largest absolute Gasteiger partial charge is 0.308 e. The summed E-state index contributed by atoms with van der Waals surface area (Å²) in [5, 5.41) is 2.00. The van der Waals surface area contributed by atoms with E-state index in [0.717, 1.165) is 44.3 Å². The van der Waals surface area contributed by atoms with Gasteiger partial charge in [-0.1, -0.05) is 60.7 Å². The number of hydrogen-bond donors (Lipinski definition) is 0. The first-order chi connectivity index (χ1) is 20.7. The van der Waals surface area contributed by atoms with E-state index in [2.05, 4.69) is 38.8 Å². The highest BCUT2D eigenvalue weighted by Gasteiger charge is 2.39. The Labute approximate surface area is 241 Å². The third-order valence-corrected chi connectivity index (χ3v) is 7.85. The molecule has 0 N–H and O–H groups in total. The molecule has 4 aromatic carbocycles. The van der Waals surface area contributed by atoms with E-state index in [1.165, 1.54) is 4.90 Å². The third kappa shape index (κ3) is 3.45. The van der Waals surface area contributed by atoms with Gasteiger partial charge in [-0.15, -0.1) is 0 Å². The summed E-state index contributed by atoms with van der Waals surface area (Å²) in [7, 11) is 0. The Morgan fingerprint density at radius 2 is 1.02 bits per heavy atom. The summed E-state index contributed by atoms with van der Waals surface area (Å²) in [6.45, 7) is 0. The summed E-state index contributed by atoms with van der Waals surface area (Å²) < 4.78 is 2.10. The van der Waals surface area contributed by atoms with Crippen molar-refractivity contribution in [3.05, 3.63) is 145 Å². The van der Waals surface area contributed by atoms with Gasteiger partial charge in [0.05, 0.1) is 44.9 Å². The van der Waals surface area contributed by atoms with Crippen LogP contribution in [0.1, 0.15) is 20.7 Å². The number of imide groups is 1. The van der Waals surface area contributed by atoms with Gasteiger partial charge in [-0.25, -0.2) is 4.90 Å². The maximum Gasteiger partial charge on any atom is 0.268 e. The van der Waals surface area contributed by atoms with E-state index in [-0.39, 0.29) is 11.8 Å². The first-order valence-electron chi connectivity index (χ1n) is 13.7. The normalized spacial score (nSPS) is 12.8. The fraction of sp³-hybridized carbons (Fsp3) is 0. The topological polar surface area (TPSA) is 68.1 Å². The van der Waals surface area contributed by atoms with Crippen LogP contribution in [0.15, 0.2) is 134 Å². The lowest BCUT2D eigenvalue weighted by Gasteiger charge is -2.14. The van der Waals surface area contributed by atoms with E-state index in [1.54, 1.807) is 30.6 Å². The molecule has 6 nitrogen and oxygen atoms in total. The van der Waals surface area contributed by atoms with E-state index < -0.39 is 0 Å². The molecular formula is C36H22N4O2. The van der Waals surface area contributed by atoms with Crippen molar-refractivity contribution in [2.24, 2.45) is 0 Å². The lowest BCUT2D eigenvalue weighted by atomic mass is 9.98. The van der Waals surface area contributed by atoms with Crippen LogP contribution in [0.4, 0.5) is 5.69 Å². The fourth-order valence-electron chi connectivity index (χ4n) is 6.10. The molecule has 3 aromatic heterocycles. The van der Waals surface area contributed by atoms with Gasteiger partial charge in [-0.2, -0.15) is 0 Å². The lowest BCUT2D eigenvalue weighted by molar-refractivity contribution is 0.0926. The quantitative estimate of drug-likeness (QED) is 0.214. The molecule has 0 radical (unpaired) electrons. The summed E-state index contributed by atoms with van der Waals surface area (Å²) in [6.07, 6.45) is 3.58. The summed E-state index contributed by atoms with van der Waals surface area (Å²) in [5.41, 5.74) is 7.42. The molecule has 0 aliphatic carbocycles. The van der Waals surface area contributed by atoms with E-state index >= 15 is 0 Å². The molecule has 198 valence electrons. The van der Waals surface area contributed by atoms with E-state index in [1.807, 2.05) is 78.9 Å². The molecule has 0 bridgehead atoms. The number of para-hydroxylation sites is 1. The lowest BCUT2D eigenvalue weighted by Crippen LogP contribution is -2.29. The average Bonchev–Trinajstić information content (AvgIpc) is 3.53. The summed E-state index contributed by atoms with van der Waals surface area (Å²) in [6, 6.07) is 38.6. The molecule has 0 saturated heterocycles. The molecule has 0 unspecified atom stereocenters. The third-order valence-electron chi connectivity index (χ3n) is 7.85. The zero-order valence-corrected chi connectivity index (χ0v) is 22.3. The first kappa shape index (κ1) is 24.0. The van der Waals surface area contributed by atoms with Crippen LogP contribution in [0.25, 0.3) is 50.0 Å². The zero-order chi connectivity index (χ0) is 28.2. The van der Waals surface area contributed by atoms with Gasteiger partial charge in [-0.3, -0.25) is 19.6 Å². The molecule has 0 atom stereocenters. The zero-order valence-electron chi connectivity index (χ0n) is 22.3. The highest BCUT2D eigenvalue weighted by molar-refractivity contribution is 6.36. The van der Waals surface area contributed by atoms with Crippen LogP contribution < -0.4 is 4.90 Å². The number of carbonyl (C=O) groups is 2. The van der Waals surface area contributed by atoms with Crippen LogP contribution in [-0.4, -0.2) is 26.3 Å². The standard InChI is InChI=1S/C36H22N4O2/c41-35-26-15-10-20-31(34(26)36(42)39(35)23-11-2-1-3-12-23)40-29-18-8-13-24(27-16-4-6-21-37-27)32(29)33-25(14-9-19-30(33)40)28-17-5-7-22-38-28/h1-22H. The Hall–Kier alpha value is -5.88. The highest BCUT2D eigenvalue weighted by atomic mass is 16.2. The molecule has 0 saturated carbocycles. The molecule has 6 heteroatoms. The van der Waals surface area contributed by atoms with Crippen LogP contribution in [0.3, 0.4) is 0 Å². The van der Waals surface area contributed by atoms with E-state index in [4.69, 9.17) is 0 Å². The van der Waals surface area contributed by atoms with Crippen molar-refractivity contribution in [1.82, 2.24) is 14.5 Å². The minimum absolute atomic E-state index is 0.327. The van der Waals surface area contributed by atoms with Gasteiger partial charge in [0.1, 0.15) is 0 Å². The van der Waals surface area contributed by atoms with Crippen LogP contribution in [-0.2, 0) is 0 Å². The molecule has 1 aliphatic heterocycles. The number of aromatic nitrogens is 3. The number of pyridine rings is 2. The van der Waals surface area contributed by atoms with Crippen LogP contribution >= 0.6 is 0 Å². The van der Waals surface area contributed by atoms with Crippen molar-refractivity contribution in [2.45, 2.75) is 0 Å². The first-order valence-corrected chi connectivity index (χ1v) is 13.7. The SMILES string of the molecule is O=C1c2cccc(-n3c4cccc(-c5ccccn5)c4c4c(-c5ccccn5)cccc43)c2C(=O)N1c1ccccc1. The maximum absolute atomic E-state index is 14.0. The molecule has 42 heavy (non-hydrogen) atoms. The molecule has 8 rings (SSSR count). The minimum Gasteiger partial charge on any atom is -0.308 e. The predicted octanol–water partition coefficient (Wildman–Crippen LogP) is 7.71. The maximum atomic E-state index is 14.0. The van der Waals surface area contributed by atoms with E-state index in [9.17, 15) is 9.59 Å². The van der Waals surface area contributed by atoms with Crippen molar-refractivity contribution in [3.63, 3.8) is 0 Å². The molecule has 0 spiro atoms. The van der Waals surface area contributed by atoms with Crippen molar-refractivity contribution in [2.75, 3.05) is 4.90 Å². The second kappa shape index (κ2) is 9.35. The minimum atomic E-state index is -0.339. The number of hydrogen-bond acceptors (Lipinski definition) is 4. The van der Waals surface area contributed by atoms with Crippen LogP contribution in [0.5, 0.6) is 0 Å². The number of amides is 2. The monoisotopic (exact) mass is 542 g/mol. The number of fused-ring (bicyclic) bond motifs is 4. The average molecular weight is 543 g/mol. The Bertz CT molecular complexity index is 2080. The molecule has 1 aliphatic rings. The number of nitrogens with zero attached hydrogens (tertiary/aromatic N) is 4. The van der Waals surface area contributed by atoms with E-state index in [0.29, 0.717) is 22.5 Å².